The number of nitro benzene ring substituents is 1. The quantitative estimate of drug-likeness (QED) is 0.419. The Morgan fingerprint density at radius 1 is 1.15 bits per heavy atom. The molecule has 0 unspecified atom stereocenters. The lowest BCUT2D eigenvalue weighted by atomic mass is 10.1. The minimum Gasteiger partial charge on any atom is -0.449 e. The van der Waals surface area contributed by atoms with Crippen molar-refractivity contribution >= 4 is 52.1 Å². The molecule has 10 heteroatoms. The first-order valence-electron chi connectivity index (χ1n) is 7.66. The van der Waals surface area contributed by atoms with E-state index in [-0.39, 0.29) is 22.0 Å². The van der Waals surface area contributed by atoms with Gasteiger partial charge in [0.25, 0.3) is 11.6 Å². The van der Waals surface area contributed by atoms with Gasteiger partial charge < -0.3 is 15.4 Å². The third-order valence-electron chi connectivity index (χ3n) is 3.54. The number of carbonyl (C=O) groups excluding carboxylic acids is 2. The van der Waals surface area contributed by atoms with Gasteiger partial charge >= 0.3 is 5.97 Å². The minimum absolute atomic E-state index is 0.0510. The summed E-state index contributed by atoms with van der Waals surface area (Å²) in [5.74, 6) is -1.49. The number of esters is 1. The third-order valence-corrected chi connectivity index (χ3v) is 4.09. The first-order valence-corrected chi connectivity index (χ1v) is 8.41. The van der Waals surface area contributed by atoms with Crippen LogP contribution in [0, 0.1) is 10.1 Å². The highest BCUT2D eigenvalue weighted by Crippen LogP contribution is 2.27. The number of carbonyl (C=O) groups is 2. The van der Waals surface area contributed by atoms with Gasteiger partial charge in [-0.25, -0.2) is 4.79 Å². The second-order valence-electron chi connectivity index (χ2n) is 5.40. The molecule has 0 fully saturated rings. The standard InChI is InChI=1S/C17H15Cl2N3O5/c1-9(16(23)21-13-6-4-11(18)8-12(13)19)27-17(24)10-3-5-14(20-2)15(7-10)22(25)26/h3-9,20H,1-2H3,(H,21,23)/t9-/m0/s1. The van der Waals surface area contributed by atoms with Crippen LogP contribution in [-0.2, 0) is 9.53 Å². The molecule has 1 amide bonds. The van der Waals surface area contributed by atoms with E-state index in [4.69, 9.17) is 27.9 Å². The van der Waals surface area contributed by atoms with Gasteiger partial charge in [0.1, 0.15) is 5.69 Å². The molecule has 142 valence electrons. The smallest absolute Gasteiger partial charge is 0.339 e. The molecule has 0 aliphatic heterocycles. The zero-order chi connectivity index (χ0) is 20.1. The monoisotopic (exact) mass is 411 g/mol. The summed E-state index contributed by atoms with van der Waals surface area (Å²) >= 11 is 11.8. The summed E-state index contributed by atoms with van der Waals surface area (Å²) in [6, 6.07) is 8.33. The molecular weight excluding hydrogens is 397 g/mol. The summed E-state index contributed by atoms with van der Waals surface area (Å²) in [4.78, 5) is 34.9. The molecule has 0 radical (unpaired) electrons. The number of halogens is 2. The van der Waals surface area contributed by atoms with Gasteiger partial charge in [0.2, 0.25) is 0 Å². The van der Waals surface area contributed by atoms with Crippen molar-refractivity contribution in [2.45, 2.75) is 13.0 Å². The molecule has 8 nitrogen and oxygen atoms in total. The van der Waals surface area contributed by atoms with E-state index in [1.54, 1.807) is 6.07 Å². The number of anilines is 2. The Morgan fingerprint density at radius 2 is 1.81 bits per heavy atom. The van der Waals surface area contributed by atoms with E-state index in [2.05, 4.69) is 10.6 Å². The highest BCUT2D eigenvalue weighted by atomic mass is 35.5. The highest BCUT2D eigenvalue weighted by Gasteiger charge is 2.22. The van der Waals surface area contributed by atoms with Gasteiger partial charge in [-0.05, 0) is 37.3 Å². The van der Waals surface area contributed by atoms with Crippen molar-refractivity contribution in [2.75, 3.05) is 17.7 Å². The van der Waals surface area contributed by atoms with Crippen molar-refractivity contribution < 1.29 is 19.2 Å². The number of nitrogens with one attached hydrogen (secondary N) is 2. The topological polar surface area (TPSA) is 111 Å². The number of hydrogen-bond acceptors (Lipinski definition) is 6. The van der Waals surface area contributed by atoms with E-state index >= 15 is 0 Å². The Balaban J connectivity index is 2.09. The highest BCUT2D eigenvalue weighted by molar-refractivity contribution is 6.36. The van der Waals surface area contributed by atoms with Crippen molar-refractivity contribution in [2.24, 2.45) is 0 Å². The molecule has 0 aliphatic carbocycles. The molecular formula is C17H15Cl2N3O5. The Hall–Kier alpha value is -2.84. The number of hydrogen-bond donors (Lipinski definition) is 2. The van der Waals surface area contributed by atoms with Crippen LogP contribution in [0.15, 0.2) is 36.4 Å². The van der Waals surface area contributed by atoms with Gasteiger partial charge in [0, 0.05) is 18.1 Å². The average Bonchev–Trinajstić information content (AvgIpc) is 2.63. The fourth-order valence-corrected chi connectivity index (χ4v) is 2.58. The van der Waals surface area contributed by atoms with Crippen LogP contribution in [0.1, 0.15) is 17.3 Å². The molecule has 27 heavy (non-hydrogen) atoms. The number of ether oxygens (including phenoxy) is 1. The van der Waals surface area contributed by atoms with Crippen molar-refractivity contribution in [3.63, 3.8) is 0 Å². The zero-order valence-electron chi connectivity index (χ0n) is 14.3. The molecule has 0 spiro atoms. The number of nitro groups is 1. The summed E-state index contributed by atoms with van der Waals surface area (Å²) in [6.07, 6.45) is -1.16. The van der Waals surface area contributed by atoms with Gasteiger partial charge in [-0.3, -0.25) is 14.9 Å². The molecule has 2 rings (SSSR count). The maximum Gasteiger partial charge on any atom is 0.339 e. The van der Waals surface area contributed by atoms with Gasteiger partial charge in [-0.2, -0.15) is 0 Å². The molecule has 2 N–H and O–H groups in total. The normalized spacial score (nSPS) is 11.4. The first kappa shape index (κ1) is 20.5. The molecule has 0 heterocycles. The number of nitrogens with zero attached hydrogens (tertiary/aromatic N) is 1. The summed E-state index contributed by atoms with van der Waals surface area (Å²) in [7, 11) is 1.52. The molecule has 0 saturated heterocycles. The summed E-state index contributed by atoms with van der Waals surface area (Å²) < 4.78 is 5.08. The van der Waals surface area contributed by atoms with Gasteiger partial charge in [0.05, 0.1) is 21.2 Å². The number of amides is 1. The molecule has 0 saturated carbocycles. The second-order valence-corrected chi connectivity index (χ2v) is 6.24. The van der Waals surface area contributed by atoms with E-state index < -0.39 is 22.9 Å². The van der Waals surface area contributed by atoms with Crippen LogP contribution in [0.5, 0.6) is 0 Å². The maximum atomic E-state index is 12.2. The Morgan fingerprint density at radius 3 is 2.41 bits per heavy atom. The largest absolute Gasteiger partial charge is 0.449 e. The molecule has 1 atom stereocenters. The van der Waals surface area contributed by atoms with Gasteiger partial charge in [0.15, 0.2) is 6.10 Å². The molecule has 0 aliphatic rings. The van der Waals surface area contributed by atoms with Crippen LogP contribution in [0.4, 0.5) is 17.1 Å². The number of rotatable bonds is 6. The summed E-state index contributed by atoms with van der Waals surface area (Å²) in [6.45, 7) is 1.37. The van der Waals surface area contributed by atoms with Crippen LogP contribution in [0.3, 0.4) is 0 Å². The minimum atomic E-state index is -1.16. The Labute approximate surface area is 164 Å². The van der Waals surface area contributed by atoms with Crippen molar-refractivity contribution in [3.05, 3.63) is 62.1 Å². The van der Waals surface area contributed by atoms with Crippen LogP contribution in [0.2, 0.25) is 10.0 Å². The lowest BCUT2D eigenvalue weighted by Crippen LogP contribution is -2.30. The van der Waals surface area contributed by atoms with Crippen LogP contribution in [0.25, 0.3) is 0 Å². The molecule has 2 aromatic carbocycles. The predicted molar refractivity (Wildman–Crippen MR) is 103 cm³/mol. The van der Waals surface area contributed by atoms with E-state index in [9.17, 15) is 19.7 Å². The van der Waals surface area contributed by atoms with Gasteiger partial charge in [-0.1, -0.05) is 23.2 Å². The van der Waals surface area contributed by atoms with Crippen LogP contribution in [-0.4, -0.2) is 30.0 Å². The molecule has 0 bridgehead atoms. The summed E-state index contributed by atoms with van der Waals surface area (Å²) in [5, 5.41) is 16.9. The van der Waals surface area contributed by atoms with E-state index in [0.717, 1.165) is 6.07 Å². The Bertz CT molecular complexity index is 904. The second kappa shape index (κ2) is 8.70. The van der Waals surface area contributed by atoms with Crippen LogP contribution >= 0.6 is 23.2 Å². The third kappa shape index (κ3) is 5.08. The lowest BCUT2D eigenvalue weighted by Gasteiger charge is -2.14. The zero-order valence-corrected chi connectivity index (χ0v) is 15.8. The van der Waals surface area contributed by atoms with Crippen molar-refractivity contribution in [3.8, 4) is 0 Å². The SMILES string of the molecule is CNc1ccc(C(=O)O[C@@H](C)C(=O)Nc2ccc(Cl)cc2Cl)cc1[N+](=O)[O-]. The summed E-state index contributed by atoms with van der Waals surface area (Å²) in [5.41, 5.74) is 0.226. The fraction of sp³-hybridized carbons (Fsp3) is 0.176. The number of benzene rings is 2. The molecule has 0 aromatic heterocycles. The lowest BCUT2D eigenvalue weighted by molar-refractivity contribution is -0.384. The van der Waals surface area contributed by atoms with Crippen molar-refractivity contribution in [1.29, 1.82) is 0 Å². The van der Waals surface area contributed by atoms with E-state index in [1.807, 2.05) is 0 Å². The predicted octanol–water partition coefficient (Wildman–Crippen LogP) is 4.13. The first-order chi connectivity index (χ1) is 12.7. The maximum absolute atomic E-state index is 12.2. The van der Waals surface area contributed by atoms with Crippen LogP contribution < -0.4 is 10.6 Å². The van der Waals surface area contributed by atoms with Gasteiger partial charge in [-0.15, -0.1) is 0 Å². The molecule has 2 aromatic rings. The average molecular weight is 412 g/mol. The van der Waals surface area contributed by atoms with E-state index in [0.29, 0.717) is 10.7 Å². The Kier molecular flexibility index (Phi) is 6.59. The van der Waals surface area contributed by atoms with Crippen molar-refractivity contribution in [1.82, 2.24) is 0 Å². The van der Waals surface area contributed by atoms with E-state index in [1.165, 1.54) is 38.2 Å². The fourth-order valence-electron chi connectivity index (χ4n) is 2.13.